The SMILES string of the molecule is O=C1NCCN1c1ccc(I)nn1. The summed E-state index contributed by atoms with van der Waals surface area (Å²) in [6, 6.07) is 3.52. The van der Waals surface area contributed by atoms with Crippen LogP contribution in [0.25, 0.3) is 0 Å². The third-order valence-corrected chi connectivity index (χ3v) is 2.33. The minimum absolute atomic E-state index is 0.101. The van der Waals surface area contributed by atoms with Crippen LogP contribution in [0.2, 0.25) is 0 Å². The van der Waals surface area contributed by atoms with E-state index in [4.69, 9.17) is 0 Å². The number of hydrogen-bond donors (Lipinski definition) is 1. The Morgan fingerprint density at radius 1 is 1.46 bits per heavy atom. The van der Waals surface area contributed by atoms with Gasteiger partial charge in [0.1, 0.15) is 3.70 Å². The second-order valence-electron chi connectivity index (χ2n) is 2.60. The van der Waals surface area contributed by atoms with E-state index < -0.39 is 0 Å². The molecule has 0 unspecified atom stereocenters. The Morgan fingerprint density at radius 2 is 2.31 bits per heavy atom. The summed E-state index contributed by atoms with van der Waals surface area (Å²) in [5.41, 5.74) is 0. The normalized spacial score (nSPS) is 16.1. The van der Waals surface area contributed by atoms with Gasteiger partial charge in [-0.25, -0.2) is 4.79 Å². The van der Waals surface area contributed by atoms with E-state index >= 15 is 0 Å². The molecule has 13 heavy (non-hydrogen) atoms. The van der Waals surface area contributed by atoms with Crippen molar-refractivity contribution >= 4 is 34.4 Å². The van der Waals surface area contributed by atoms with Crippen molar-refractivity contribution in [3.05, 3.63) is 15.8 Å². The molecule has 68 valence electrons. The van der Waals surface area contributed by atoms with E-state index in [-0.39, 0.29) is 6.03 Å². The lowest BCUT2D eigenvalue weighted by Gasteiger charge is -2.11. The molecular weight excluding hydrogens is 283 g/mol. The van der Waals surface area contributed by atoms with Crippen LogP contribution >= 0.6 is 22.6 Å². The van der Waals surface area contributed by atoms with Gasteiger partial charge in [0.25, 0.3) is 0 Å². The fourth-order valence-corrected chi connectivity index (χ4v) is 1.43. The highest BCUT2D eigenvalue weighted by molar-refractivity contribution is 14.1. The van der Waals surface area contributed by atoms with Crippen LogP contribution in [0, 0.1) is 3.70 Å². The van der Waals surface area contributed by atoms with Crippen molar-refractivity contribution in [2.75, 3.05) is 18.0 Å². The smallest absolute Gasteiger partial charge is 0.323 e. The highest BCUT2D eigenvalue weighted by Gasteiger charge is 2.22. The minimum atomic E-state index is -0.101. The monoisotopic (exact) mass is 290 g/mol. The average Bonchev–Trinajstić information content (AvgIpc) is 2.53. The molecule has 0 spiro atoms. The van der Waals surface area contributed by atoms with Crippen LogP contribution in [-0.2, 0) is 0 Å². The molecule has 1 aromatic heterocycles. The first-order valence-corrected chi connectivity index (χ1v) is 4.90. The van der Waals surface area contributed by atoms with Gasteiger partial charge in [-0.3, -0.25) is 4.90 Å². The zero-order valence-electron chi connectivity index (χ0n) is 6.70. The number of anilines is 1. The van der Waals surface area contributed by atoms with Gasteiger partial charge in [-0.2, -0.15) is 0 Å². The predicted molar refractivity (Wildman–Crippen MR) is 55.5 cm³/mol. The Labute approximate surface area is 88.7 Å². The van der Waals surface area contributed by atoms with E-state index in [1.165, 1.54) is 0 Å². The summed E-state index contributed by atoms with van der Waals surface area (Å²) in [6.07, 6.45) is 0. The van der Waals surface area contributed by atoms with Crippen LogP contribution in [0.15, 0.2) is 12.1 Å². The zero-order valence-corrected chi connectivity index (χ0v) is 8.85. The first-order valence-electron chi connectivity index (χ1n) is 3.82. The molecule has 1 saturated heterocycles. The Morgan fingerprint density at radius 3 is 2.85 bits per heavy atom. The van der Waals surface area contributed by atoms with E-state index in [1.54, 1.807) is 11.0 Å². The van der Waals surface area contributed by atoms with Crippen molar-refractivity contribution in [3.8, 4) is 0 Å². The van der Waals surface area contributed by atoms with Gasteiger partial charge in [-0.15, -0.1) is 10.2 Å². The van der Waals surface area contributed by atoms with Crippen LogP contribution in [0.3, 0.4) is 0 Å². The van der Waals surface area contributed by atoms with Gasteiger partial charge in [-0.05, 0) is 34.7 Å². The number of halogens is 1. The van der Waals surface area contributed by atoms with E-state index in [0.717, 1.165) is 3.70 Å². The molecule has 0 atom stereocenters. The molecule has 0 aromatic carbocycles. The number of aromatic nitrogens is 2. The first kappa shape index (κ1) is 8.67. The molecule has 1 N–H and O–H groups in total. The van der Waals surface area contributed by atoms with Gasteiger partial charge in [0.2, 0.25) is 0 Å². The van der Waals surface area contributed by atoms with Crippen molar-refractivity contribution in [3.63, 3.8) is 0 Å². The van der Waals surface area contributed by atoms with Crippen LogP contribution in [0.4, 0.5) is 10.6 Å². The molecule has 0 radical (unpaired) electrons. The number of carbonyl (C=O) groups is 1. The van der Waals surface area contributed by atoms with Gasteiger partial charge >= 0.3 is 6.03 Å². The number of carbonyl (C=O) groups excluding carboxylic acids is 1. The van der Waals surface area contributed by atoms with Gasteiger partial charge in [0.05, 0.1) is 0 Å². The molecule has 1 aromatic rings. The minimum Gasteiger partial charge on any atom is -0.336 e. The van der Waals surface area contributed by atoms with E-state index in [9.17, 15) is 4.79 Å². The molecule has 0 bridgehead atoms. The molecule has 2 rings (SSSR count). The quantitative estimate of drug-likeness (QED) is 0.771. The topological polar surface area (TPSA) is 58.1 Å². The Balaban J connectivity index is 2.25. The number of hydrogen-bond acceptors (Lipinski definition) is 3. The third-order valence-electron chi connectivity index (χ3n) is 1.75. The third kappa shape index (κ3) is 1.71. The Hall–Kier alpha value is -0.920. The number of amides is 2. The van der Waals surface area contributed by atoms with Gasteiger partial charge in [0, 0.05) is 13.1 Å². The average molecular weight is 290 g/mol. The van der Waals surface area contributed by atoms with E-state index in [0.29, 0.717) is 18.9 Å². The summed E-state index contributed by atoms with van der Waals surface area (Å²) in [7, 11) is 0. The molecule has 1 aliphatic heterocycles. The molecule has 0 aliphatic carbocycles. The summed E-state index contributed by atoms with van der Waals surface area (Å²) in [5, 5.41) is 10.5. The fraction of sp³-hybridized carbons (Fsp3) is 0.286. The standard InChI is InChI=1S/C7H7IN4O/c8-5-1-2-6(11-10-5)12-4-3-9-7(12)13/h1-2H,3-4H2,(H,9,13). The van der Waals surface area contributed by atoms with Gasteiger partial charge < -0.3 is 5.32 Å². The predicted octanol–water partition coefficient (Wildman–Crippen LogP) is 0.611. The Bertz CT molecular complexity index is 326. The van der Waals surface area contributed by atoms with Crippen LogP contribution in [-0.4, -0.2) is 29.3 Å². The number of rotatable bonds is 1. The number of urea groups is 1. The number of nitrogens with one attached hydrogen (secondary N) is 1. The van der Waals surface area contributed by atoms with Crippen LogP contribution in [0.1, 0.15) is 0 Å². The second-order valence-corrected chi connectivity index (χ2v) is 3.70. The highest BCUT2D eigenvalue weighted by Crippen LogP contribution is 2.12. The lowest BCUT2D eigenvalue weighted by molar-refractivity contribution is 0.252. The van der Waals surface area contributed by atoms with Crippen molar-refractivity contribution in [1.82, 2.24) is 15.5 Å². The lowest BCUT2D eigenvalue weighted by Crippen LogP contribution is -2.28. The van der Waals surface area contributed by atoms with Crippen LogP contribution < -0.4 is 10.2 Å². The lowest BCUT2D eigenvalue weighted by atomic mass is 10.5. The van der Waals surface area contributed by atoms with Crippen molar-refractivity contribution < 1.29 is 4.79 Å². The summed E-state index contributed by atoms with van der Waals surface area (Å²) < 4.78 is 0.820. The highest BCUT2D eigenvalue weighted by atomic mass is 127. The molecule has 2 amide bonds. The maximum absolute atomic E-state index is 11.2. The van der Waals surface area contributed by atoms with Gasteiger partial charge in [0.15, 0.2) is 5.82 Å². The molecule has 2 heterocycles. The molecular formula is C7H7IN4O. The van der Waals surface area contributed by atoms with Crippen LogP contribution in [0.5, 0.6) is 0 Å². The van der Waals surface area contributed by atoms with E-state index in [2.05, 4.69) is 38.1 Å². The Kier molecular flexibility index (Phi) is 2.30. The molecule has 0 saturated carbocycles. The first-order chi connectivity index (χ1) is 6.27. The number of nitrogens with zero attached hydrogens (tertiary/aromatic N) is 3. The van der Waals surface area contributed by atoms with Crippen molar-refractivity contribution in [1.29, 1.82) is 0 Å². The second kappa shape index (κ2) is 3.44. The zero-order chi connectivity index (χ0) is 9.26. The summed E-state index contributed by atoms with van der Waals surface area (Å²) in [5.74, 6) is 0.607. The summed E-state index contributed by atoms with van der Waals surface area (Å²) in [6.45, 7) is 1.33. The van der Waals surface area contributed by atoms with Crippen molar-refractivity contribution in [2.24, 2.45) is 0 Å². The van der Waals surface area contributed by atoms with Gasteiger partial charge in [-0.1, -0.05) is 0 Å². The molecule has 1 aliphatic rings. The summed E-state index contributed by atoms with van der Waals surface area (Å²) >= 11 is 2.07. The fourth-order valence-electron chi connectivity index (χ4n) is 1.14. The van der Waals surface area contributed by atoms with Crippen molar-refractivity contribution in [2.45, 2.75) is 0 Å². The largest absolute Gasteiger partial charge is 0.336 e. The molecule has 1 fully saturated rings. The molecule has 5 nitrogen and oxygen atoms in total. The summed E-state index contributed by atoms with van der Waals surface area (Å²) in [4.78, 5) is 12.8. The molecule has 6 heteroatoms. The maximum atomic E-state index is 11.2. The maximum Gasteiger partial charge on any atom is 0.323 e. The van der Waals surface area contributed by atoms with E-state index in [1.807, 2.05) is 6.07 Å².